The Hall–Kier alpha value is -1.38. The fourth-order valence-electron chi connectivity index (χ4n) is 1.98. The molecule has 1 aliphatic heterocycles. The highest BCUT2D eigenvalue weighted by Gasteiger charge is 2.16. The second-order valence-corrected chi connectivity index (χ2v) is 4.36. The van der Waals surface area contributed by atoms with E-state index >= 15 is 0 Å². The van der Waals surface area contributed by atoms with Crippen LogP contribution in [0.4, 0.5) is 5.82 Å². The minimum absolute atomic E-state index is 0.453. The fraction of sp³-hybridized carbons (Fsp3) is 0.538. The monoisotopic (exact) mass is 217 g/mol. The van der Waals surface area contributed by atoms with Crippen molar-refractivity contribution in [3.05, 3.63) is 23.4 Å². The molecule has 0 bridgehead atoms. The van der Waals surface area contributed by atoms with Crippen molar-refractivity contribution in [2.75, 3.05) is 11.9 Å². The number of aliphatic imine (C=N–C) groups is 1. The third-order valence-corrected chi connectivity index (χ3v) is 3.12. The zero-order valence-electron chi connectivity index (χ0n) is 10.2. The molecular weight excluding hydrogens is 198 g/mol. The molecule has 0 aromatic carbocycles. The van der Waals surface area contributed by atoms with E-state index in [9.17, 15) is 0 Å². The first-order chi connectivity index (χ1) is 7.72. The third-order valence-electron chi connectivity index (χ3n) is 3.12. The summed E-state index contributed by atoms with van der Waals surface area (Å²) in [4.78, 5) is 8.94. The summed E-state index contributed by atoms with van der Waals surface area (Å²) >= 11 is 0. The molecule has 2 rings (SSSR count). The number of nitrogens with zero attached hydrogens (tertiary/aromatic N) is 2. The van der Waals surface area contributed by atoms with E-state index in [-0.39, 0.29) is 0 Å². The van der Waals surface area contributed by atoms with Gasteiger partial charge in [-0.1, -0.05) is 6.92 Å². The van der Waals surface area contributed by atoms with E-state index in [4.69, 9.17) is 0 Å². The molecule has 3 heteroatoms. The van der Waals surface area contributed by atoms with Gasteiger partial charge in [-0.25, -0.2) is 4.98 Å². The Morgan fingerprint density at radius 3 is 3.06 bits per heavy atom. The summed E-state index contributed by atoms with van der Waals surface area (Å²) in [6.07, 6.45) is 4.02. The molecule has 1 N–H and O–H groups in total. The zero-order valence-corrected chi connectivity index (χ0v) is 10.2. The van der Waals surface area contributed by atoms with Crippen molar-refractivity contribution in [2.45, 2.75) is 39.7 Å². The normalized spacial score (nSPS) is 16.3. The van der Waals surface area contributed by atoms with Crippen LogP contribution in [0.2, 0.25) is 0 Å². The second kappa shape index (κ2) is 4.64. The predicted octanol–water partition coefficient (Wildman–Crippen LogP) is 2.66. The Labute approximate surface area is 97.0 Å². The highest BCUT2D eigenvalue weighted by atomic mass is 15.0. The molecule has 1 aliphatic rings. The molecular formula is C13H19N3. The van der Waals surface area contributed by atoms with Gasteiger partial charge in [-0.2, -0.15) is 0 Å². The number of nitrogens with one attached hydrogen (secondary N) is 1. The number of aromatic nitrogens is 1. The van der Waals surface area contributed by atoms with Gasteiger partial charge < -0.3 is 5.32 Å². The van der Waals surface area contributed by atoms with Crippen molar-refractivity contribution < 1.29 is 0 Å². The van der Waals surface area contributed by atoms with Gasteiger partial charge >= 0.3 is 0 Å². The smallest absolute Gasteiger partial charge is 0.135 e. The minimum atomic E-state index is 0.453. The van der Waals surface area contributed by atoms with E-state index in [0.717, 1.165) is 30.9 Å². The van der Waals surface area contributed by atoms with Gasteiger partial charge in [-0.15, -0.1) is 0 Å². The van der Waals surface area contributed by atoms with Crippen molar-refractivity contribution >= 4 is 11.5 Å². The third kappa shape index (κ3) is 2.08. The van der Waals surface area contributed by atoms with Crippen LogP contribution in [0.3, 0.4) is 0 Å². The molecule has 0 fully saturated rings. The van der Waals surface area contributed by atoms with E-state index in [1.807, 2.05) is 6.20 Å². The van der Waals surface area contributed by atoms with Crippen molar-refractivity contribution in [2.24, 2.45) is 4.99 Å². The van der Waals surface area contributed by atoms with Gasteiger partial charge in [-0.05, 0) is 38.3 Å². The quantitative estimate of drug-likeness (QED) is 0.845. The first kappa shape index (κ1) is 11.1. The van der Waals surface area contributed by atoms with Crippen LogP contribution in [0, 0.1) is 0 Å². The fourth-order valence-corrected chi connectivity index (χ4v) is 1.98. The second-order valence-electron chi connectivity index (χ2n) is 4.36. The molecule has 0 aliphatic carbocycles. The van der Waals surface area contributed by atoms with Crippen molar-refractivity contribution in [1.29, 1.82) is 0 Å². The Balaban J connectivity index is 2.36. The van der Waals surface area contributed by atoms with Gasteiger partial charge in [0.15, 0.2) is 0 Å². The Morgan fingerprint density at radius 1 is 1.50 bits per heavy atom. The summed E-state index contributed by atoms with van der Waals surface area (Å²) in [6.45, 7) is 7.33. The van der Waals surface area contributed by atoms with Crippen LogP contribution in [0.25, 0.3) is 0 Å². The van der Waals surface area contributed by atoms with Gasteiger partial charge in [0.05, 0.1) is 0 Å². The van der Waals surface area contributed by atoms with Crippen LogP contribution >= 0.6 is 0 Å². The number of hydrogen-bond donors (Lipinski definition) is 1. The number of hydrogen-bond acceptors (Lipinski definition) is 3. The Kier molecular flexibility index (Phi) is 3.22. The summed E-state index contributed by atoms with van der Waals surface area (Å²) < 4.78 is 0. The van der Waals surface area contributed by atoms with Gasteiger partial charge in [0.2, 0.25) is 0 Å². The molecule has 0 saturated heterocycles. The lowest BCUT2D eigenvalue weighted by Gasteiger charge is -2.20. The summed E-state index contributed by atoms with van der Waals surface area (Å²) in [5.74, 6) is 0.993. The van der Waals surface area contributed by atoms with Crippen molar-refractivity contribution in [1.82, 2.24) is 4.98 Å². The molecule has 3 nitrogen and oxygen atoms in total. The van der Waals surface area contributed by atoms with Crippen LogP contribution in [0.5, 0.6) is 0 Å². The maximum atomic E-state index is 4.50. The maximum Gasteiger partial charge on any atom is 0.135 e. The Morgan fingerprint density at radius 2 is 2.31 bits per heavy atom. The first-order valence-electron chi connectivity index (χ1n) is 5.98. The lowest BCUT2D eigenvalue weighted by atomic mass is 9.99. The molecule has 0 amide bonds. The van der Waals surface area contributed by atoms with Crippen LogP contribution < -0.4 is 5.32 Å². The van der Waals surface area contributed by atoms with Crippen molar-refractivity contribution in [3.63, 3.8) is 0 Å². The van der Waals surface area contributed by atoms with E-state index in [1.165, 1.54) is 11.1 Å². The van der Waals surface area contributed by atoms with Gasteiger partial charge in [-0.3, -0.25) is 4.99 Å². The van der Waals surface area contributed by atoms with Gasteiger partial charge in [0, 0.05) is 30.1 Å². The number of anilines is 1. The SMILES string of the molecule is CCC(C)Nc1nccc2c1C(C)=NCC2. The average molecular weight is 217 g/mol. The molecule has 0 radical (unpaired) electrons. The summed E-state index contributed by atoms with van der Waals surface area (Å²) in [5.41, 5.74) is 3.70. The molecule has 2 heterocycles. The topological polar surface area (TPSA) is 37.3 Å². The lowest BCUT2D eigenvalue weighted by Crippen LogP contribution is -2.20. The molecule has 16 heavy (non-hydrogen) atoms. The minimum Gasteiger partial charge on any atom is -0.367 e. The predicted molar refractivity (Wildman–Crippen MR) is 68.4 cm³/mol. The highest BCUT2D eigenvalue weighted by molar-refractivity contribution is 6.04. The largest absolute Gasteiger partial charge is 0.367 e. The van der Waals surface area contributed by atoms with Gasteiger partial charge in [0.1, 0.15) is 5.82 Å². The molecule has 0 saturated carbocycles. The summed E-state index contributed by atoms with van der Waals surface area (Å²) in [6, 6.07) is 2.56. The first-order valence-corrected chi connectivity index (χ1v) is 5.98. The van der Waals surface area contributed by atoms with E-state index in [1.54, 1.807) is 0 Å². The molecule has 1 aromatic rings. The average Bonchev–Trinajstić information content (AvgIpc) is 2.29. The standard InChI is InChI=1S/C13H19N3/c1-4-9(2)16-13-12-10(3)14-7-5-11(12)6-8-15-13/h6,8-9H,4-5,7H2,1-3H3,(H,15,16). The van der Waals surface area contributed by atoms with E-state index in [0.29, 0.717) is 6.04 Å². The molecule has 1 atom stereocenters. The van der Waals surface area contributed by atoms with Crippen LogP contribution in [-0.2, 0) is 6.42 Å². The molecule has 86 valence electrons. The highest BCUT2D eigenvalue weighted by Crippen LogP contribution is 2.23. The number of pyridine rings is 1. The van der Waals surface area contributed by atoms with Crippen molar-refractivity contribution in [3.8, 4) is 0 Å². The molecule has 1 aromatic heterocycles. The summed E-state index contributed by atoms with van der Waals surface area (Å²) in [7, 11) is 0. The molecule has 0 spiro atoms. The zero-order chi connectivity index (χ0) is 11.5. The maximum absolute atomic E-state index is 4.50. The Bertz CT molecular complexity index is 410. The van der Waals surface area contributed by atoms with Crippen LogP contribution in [0.1, 0.15) is 38.3 Å². The number of rotatable bonds is 3. The lowest BCUT2D eigenvalue weighted by molar-refractivity contribution is 0.757. The summed E-state index contributed by atoms with van der Waals surface area (Å²) in [5, 5.41) is 3.46. The van der Waals surface area contributed by atoms with E-state index in [2.05, 4.69) is 42.1 Å². The van der Waals surface area contributed by atoms with Crippen LogP contribution in [0.15, 0.2) is 17.3 Å². The number of fused-ring (bicyclic) bond motifs is 1. The van der Waals surface area contributed by atoms with Gasteiger partial charge in [0.25, 0.3) is 0 Å². The van der Waals surface area contributed by atoms with Crippen LogP contribution in [-0.4, -0.2) is 23.3 Å². The van der Waals surface area contributed by atoms with E-state index < -0.39 is 0 Å². The molecule has 1 unspecified atom stereocenters.